The molecule has 3 aromatic rings. The molecule has 0 bridgehead atoms. The van der Waals surface area contributed by atoms with Crippen molar-refractivity contribution >= 4 is 33.2 Å². The molecule has 0 radical (unpaired) electrons. The summed E-state index contributed by atoms with van der Waals surface area (Å²) < 4.78 is 6.30. The van der Waals surface area contributed by atoms with Crippen LogP contribution < -0.4 is 5.73 Å². The Morgan fingerprint density at radius 1 is 1.19 bits per heavy atom. The van der Waals surface area contributed by atoms with E-state index in [0.717, 1.165) is 15.6 Å². The smallest absolute Gasteiger partial charge is 0.257 e. The normalized spacial score (nSPS) is 10.8. The molecule has 0 saturated heterocycles. The molecule has 0 aliphatic carbocycles. The summed E-state index contributed by atoms with van der Waals surface area (Å²) in [4.78, 5) is 4.39. The maximum Gasteiger partial charge on any atom is 0.257 e. The van der Waals surface area contributed by atoms with Crippen molar-refractivity contribution in [1.82, 2.24) is 10.1 Å². The van der Waals surface area contributed by atoms with Crippen LogP contribution in [-0.4, -0.2) is 10.1 Å². The summed E-state index contributed by atoms with van der Waals surface area (Å²) in [5, 5.41) is 4.47. The third-order valence-corrected chi connectivity index (χ3v) is 4.12. The number of anilines is 1. The predicted octanol–water partition coefficient (Wildman–Crippen LogP) is 4.33. The summed E-state index contributed by atoms with van der Waals surface area (Å²) in [6.07, 6.45) is 0.591. The molecule has 4 nitrogen and oxygen atoms in total. The van der Waals surface area contributed by atoms with E-state index in [1.807, 2.05) is 24.3 Å². The van der Waals surface area contributed by atoms with Crippen molar-refractivity contribution in [3.8, 4) is 11.5 Å². The van der Waals surface area contributed by atoms with Crippen LogP contribution in [0.4, 0.5) is 5.69 Å². The van der Waals surface area contributed by atoms with Gasteiger partial charge in [-0.3, -0.25) is 0 Å². The molecule has 2 N–H and O–H groups in total. The molecule has 0 atom stereocenters. The van der Waals surface area contributed by atoms with Crippen LogP contribution in [0.1, 0.15) is 11.4 Å². The van der Waals surface area contributed by atoms with Crippen molar-refractivity contribution in [2.45, 2.75) is 6.42 Å². The Morgan fingerprint density at radius 2 is 2.00 bits per heavy atom. The minimum absolute atomic E-state index is 0.430. The predicted molar refractivity (Wildman–Crippen MR) is 86.1 cm³/mol. The molecule has 3 rings (SSSR count). The van der Waals surface area contributed by atoms with E-state index in [4.69, 9.17) is 21.9 Å². The van der Waals surface area contributed by atoms with Gasteiger partial charge < -0.3 is 10.3 Å². The number of hydrogen-bond donors (Lipinski definition) is 1. The van der Waals surface area contributed by atoms with Crippen LogP contribution in [0.2, 0.25) is 5.02 Å². The minimum atomic E-state index is 0.430. The van der Waals surface area contributed by atoms with E-state index in [-0.39, 0.29) is 0 Å². The molecule has 0 spiro atoms. The Hall–Kier alpha value is -1.85. The molecule has 6 heteroatoms. The summed E-state index contributed by atoms with van der Waals surface area (Å²) in [5.41, 5.74) is 8.06. The summed E-state index contributed by atoms with van der Waals surface area (Å²) >= 11 is 9.51. The van der Waals surface area contributed by atoms with Gasteiger partial charge in [0.15, 0.2) is 5.82 Å². The number of rotatable bonds is 3. The standard InChI is InChI=1S/C15H11BrClN3O/c16-11-4-2-1-3-9(11)8-14-19-15(21-20-14)10-5-6-13(18)12(17)7-10/h1-7H,8,18H2. The van der Waals surface area contributed by atoms with Gasteiger partial charge in [0.25, 0.3) is 5.89 Å². The zero-order valence-corrected chi connectivity index (χ0v) is 13.2. The zero-order valence-electron chi connectivity index (χ0n) is 10.9. The third kappa shape index (κ3) is 3.09. The van der Waals surface area contributed by atoms with E-state index in [2.05, 4.69) is 26.1 Å². The fourth-order valence-corrected chi connectivity index (χ4v) is 2.52. The largest absolute Gasteiger partial charge is 0.398 e. The lowest BCUT2D eigenvalue weighted by molar-refractivity contribution is 0.424. The number of nitrogens with zero attached hydrogens (tertiary/aromatic N) is 2. The van der Waals surface area contributed by atoms with Crippen molar-refractivity contribution in [1.29, 1.82) is 0 Å². The number of halogens is 2. The van der Waals surface area contributed by atoms with Gasteiger partial charge in [-0.25, -0.2) is 0 Å². The molecular weight excluding hydrogens is 354 g/mol. The third-order valence-electron chi connectivity index (χ3n) is 3.02. The van der Waals surface area contributed by atoms with Gasteiger partial charge in [0, 0.05) is 16.5 Å². The Kier molecular flexibility index (Phi) is 3.94. The van der Waals surface area contributed by atoms with Crippen molar-refractivity contribution < 1.29 is 4.52 Å². The molecule has 1 aromatic heterocycles. The van der Waals surface area contributed by atoms with Crippen molar-refractivity contribution in [2.24, 2.45) is 0 Å². The molecule has 1 heterocycles. The lowest BCUT2D eigenvalue weighted by Gasteiger charge is -2.00. The Balaban J connectivity index is 1.86. The molecule has 106 valence electrons. The van der Waals surface area contributed by atoms with E-state index in [0.29, 0.717) is 28.8 Å². The molecule has 0 aliphatic heterocycles. The fraction of sp³-hybridized carbons (Fsp3) is 0.0667. The summed E-state index contributed by atoms with van der Waals surface area (Å²) in [5.74, 6) is 1.05. The van der Waals surface area contributed by atoms with Gasteiger partial charge in [-0.1, -0.05) is 50.9 Å². The van der Waals surface area contributed by atoms with Crippen LogP contribution >= 0.6 is 27.5 Å². The van der Waals surface area contributed by atoms with E-state index >= 15 is 0 Å². The van der Waals surface area contributed by atoms with Gasteiger partial charge in [0.05, 0.1) is 10.7 Å². The molecule has 21 heavy (non-hydrogen) atoms. The summed E-state index contributed by atoms with van der Waals surface area (Å²) in [6.45, 7) is 0. The van der Waals surface area contributed by atoms with Gasteiger partial charge in [0.1, 0.15) is 0 Å². The zero-order chi connectivity index (χ0) is 14.8. The number of aromatic nitrogens is 2. The quantitative estimate of drug-likeness (QED) is 0.703. The van der Waals surface area contributed by atoms with Crippen molar-refractivity contribution in [2.75, 3.05) is 5.73 Å². The first-order chi connectivity index (χ1) is 10.1. The minimum Gasteiger partial charge on any atom is -0.398 e. The molecular formula is C15H11BrClN3O. The van der Waals surface area contributed by atoms with Crippen molar-refractivity contribution in [3.05, 3.63) is 63.3 Å². The highest BCUT2D eigenvalue weighted by Crippen LogP contribution is 2.26. The van der Waals surface area contributed by atoms with E-state index in [1.165, 1.54) is 0 Å². The maximum absolute atomic E-state index is 6.00. The molecule has 0 unspecified atom stereocenters. The summed E-state index contributed by atoms with van der Waals surface area (Å²) in [7, 11) is 0. The molecule has 0 amide bonds. The molecule has 0 aliphatic rings. The van der Waals surface area contributed by atoms with E-state index in [9.17, 15) is 0 Å². The molecule has 2 aromatic carbocycles. The lowest BCUT2D eigenvalue weighted by Crippen LogP contribution is -1.92. The highest BCUT2D eigenvalue weighted by Gasteiger charge is 2.11. The highest BCUT2D eigenvalue weighted by atomic mass is 79.9. The van der Waals surface area contributed by atoms with Crippen LogP contribution in [0.25, 0.3) is 11.5 Å². The second-order valence-corrected chi connectivity index (χ2v) is 5.78. The molecule has 0 saturated carbocycles. The highest BCUT2D eigenvalue weighted by molar-refractivity contribution is 9.10. The van der Waals surface area contributed by atoms with Gasteiger partial charge in [-0.2, -0.15) is 4.98 Å². The Morgan fingerprint density at radius 3 is 2.76 bits per heavy atom. The average Bonchev–Trinajstić information content (AvgIpc) is 2.93. The van der Waals surface area contributed by atoms with Gasteiger partial charge in [-0.05, 0) is 29.8 Å². The number of hydrogen-bond acceptors (Lipinski definition) is 4. The second-order valence-electron chi connectivity index (χ2n) is 4.52. The monoisotopic (exact) mass is 363 g/mol. The van der Waals surface area contributed by atoms with Gasteiger partial charge in [-0.15, -0.1) is 0 Å². The number of nitrogens with two attached hydrogens (primary N) is 1. The number of nitrogen functional groups attached to an aromatic ring is 1. The van der Waals surface area contributed by atoms with Crippen LogP contribution in [-0.2, 0) is 6.42 Å². The Bertz CT molecular complexity index is 788. The van der Waals surface area contributed by atoms with Crippen LogP contribution in [0.5, 0.6) is 0 Å². The number of benzene rings is 2. The van der Waals surface area contributed by atoms with Crippen LogP contribution in [0.15, 0.2) is 51.5 Å². The first-order valence-corrected chi connectivity index (χ1v) is 7.42. The van der Waals surface area contributed by atoms with Crippen LogP contribution in [0.3, 0.4) is 0 Å². The first-order valence-electron chi connectivity index (χ1n) is 6.25. The van der Waals surface area contributed by atoms with E-state index < -0.39 is 0 Å². The summed E-state index contributed by atoms with van der Waals surface area (Å²) in [6, 6.07) is 13.2. The average molecular weight is 365 g/mol. The SMILES string of the molecule is Nc1ccc(-c2nc(Cc3ccccc3Br)no2)cc1Cl. The Labute approximate surface area is 135 Å². The van der Waals surface area contributed by atoms with Gasteiger partial charge in [0.2, 0.25) is 0 Å². The first kappa shape index (κ1) is 14.1. The topological polar surface area (TPSA) is 64.9 Å². The molecule has 0 fully saturated rings. The second kappa shape index (κ2) is 5.87. The fourth-order valence-electron chi connectivity index (χ4n) is 1.92. The maximum atomic E-state index is 6.00. The van der Waals surface area contributed by atoms with Crippen LogP contribution in [0, 0.1) is 0 Å². The van der Waals surface area contributed by atoms with Crippen molar-refractivity contribution in [3.63, 3.8) is 0 Å². The van der Waals surface area contributed by atoms with E-state index in [1.54, 1.807) is 18.2 Å². The lowest BCUT2D eigenvalue weighted by atomic mass is 10.1. The van der Waals surface area contributed by atoms with Gasteiger partial charge >= 0.3 is 0 Å².